The molecular weight excluding hydrogens is 418 g/mol. The molecule has 0 saturated heterocycles. The molecule has 0 aliphatic carbocycles. The monoisotopic (exact) mass is 443 g/mol. The van der Waals surface area contributed by atoms with Gasteiger partial charge in [0.25, 0.3) is 5.56 Å². The van der Waals surface area contributed by atoms with E-state index in [-0.39, 0.29) is 24.1 Å². The Labute approximate surface area is 191 Å². The van der Waals surface area contributed by atoms with Crippen LogP contribution in [0.3, 0.4) is 0 Å². The number of amides is 1. The second-order valence-electron chi connectivity index (χ2n) is 7.59. The predicted octanol–water partition coefficient (Wildman–Crippen LogP) is 4.83. The number of nitrogens with one attached hydrogen (secondary N) is 1. The van der Waals surface area contributed by atoms with E-state index in [1.165, 1.54) is 16.3 Å². The summed E-state index contributed by atoms with van der Waals surface area (Å²) < 4.78 is 1.22. The highest BCUT2D eigenvalue weighted by atomic mass is 32.1. The molecule has 2 aromatic carbocycles. The fourth-order valence-electron chi connectivity index (χ4n) is 3.61. The van der Waals surface area contributed by atoms with E-state index in [0.29, 0.717) is 5.69 Å². The molecule has 0 bridgehead atoms. The number of carbonyl (C=O) groups excluding carboxylic acids is 1. The van der Waals surface area contributed by atoms with E-state index < -0.39 is 0 Å². The van der Waals surface area contributed by atoms with Gasteiger partial charge >= 0.3 is 0 Å². The van der Waals surface area contributed by atoms with Crippen LogP contribution in [0, 0.1) is 0 Å². The minimum absolute atomic E-state index is 0.144. The number of rotatable bonds is 8. The molecule has 0 spiro atoms. The second kappa shape index (κ2) is 10.2. The quantitative estimate of drug-likeness (QED) is 0.424. The number of hydrogen-bond acceptors (Lipinski definition) is 4. The fourth-order valence-corrected chi connectivity index (χ4v) is 4.41. The van der Waals surface area contributed by atoms with Crippen molar-refractivity contribution in [2.75, 3.05) is 0 Å². The van der Waals surface area contributed by atoms with Gasteiger partial charge in [-0.05, 0) is 35.1 Å². The lowest BCUT2D eigenvalue weighted by Gasteiger charge is -2.19. The van der Waals surface area contributed by atoms with Crippen molar-refractivity contribution in [3.05, 3.63) is 111 Å². The predicted molar refractivity (Wildman–Crippen MR) is 129 cm³/mol. The van der Waals surface area contributed by atoms with E-state index in [1.807, 2.05) is 47.8 Å². The lowest BCUT2D eigenvalue weighted by atomic mass is 10.0. The second-order valence-corrected chi connectivity index (χ2v) is 8.57. The van der Waals surface area contributed by atoms with Crippen molar-refractivity contribution in [1.82, 2.24) is 15.1 Å². The highest BCUT2D eigenvalue weighted by Gasteiger charge is 2.19. The van der Waals surface area contributed by atoms with Crippen LogP contribution in [0.25, 0.3) is 11.3 Å². The van der Waals surface area contributed by atoms with Gasteiger partial charge in [-0.2, -0.15) is 5.10 Å². The average molecular weight is 444 g/mol. The zero-order valence-electron chi connectivity index (χ0n) is 17.9. The van der Waals surface area contributed by atoms with E-state index in [0.717, 1.165) is 28.8 Å². The third-order valence-corrected chi connectivity index (χ3v) is 6.15. The molecule has 1 N–H and O–H groups in total. The summed E-state index contributed by atoms with van der Waals surface area (Å²) in [5.74, 6) is -0.263. The van der Waals surface area contributed by atoms with E-state index in [4.69, 9.17) is 0 Å². The summed E-state index contributed by atoms with van der Waals surface area (Å²) in [7, 11) is 0. The number of benzene rings is 2. The lowest BCUT2D eigenvalue weighted by molar-refractivity contribution is -0.122. The van der Waals surface area contributed by atoms with Crippen LogP contribution >= 0.6 is 11.3 Å². The van der Waals surface area contributed by atoms with Crippen LogP contribution in [0.2, 0.25) is 0 Å². The number of nitrogens with zero attached hydrogens (tertiary/aromatic N) is 2. The SMILES string of the molecule is CCCc1ccc(C(NC(=O)Cn2nc(-c3ccccc3)ccc2=O)c2cccs2)cc1. The smallest absolute Gasteiger partial charge is 0.267 e. The Balaban J connectivity index is 1.55. The van der Waals surface area contributed by atoms with Gasteiger partial charge < -0.3 is 5.32 Å². The normalized spacial score (nSPS) is 11.8. The molecule has 2 aromatic heterocycles. The highest BCUT2D eigenvalue weighted by Crippen LogP contribution is 2.26. The van der Waals surface area contributed by atoms with Gasteiger partial charge in [0.15, 0.2) is 0 Å². The fraction of sp³-hybridized carbons (Fsp3) is 0.192. The van der Waals surface area contributed by atoms with Crippen LogP contribution in [0.5, 0.6) is 0 Å². The lowest BCUT2D eigenvalue weighted by Crippen LogP contribution is -2.35. The zero-order chi connectivity index (χ0) is 22.3. The Morgan fingerprint density at radius 1 is 1.00 bits per heavy atom. The number of aromatic nitrogens is 2. The molecule has 1 amide bonds. The van der Waals surface area contributed by atoms with Crippen molar-refractivity contribution >= 4 is 17.2 Å². The van der Waals surface area contributed by atoms with Crippen LogP contribution in [-0.4, -0.2) is 15.7 Å². The molecule has 0 aliphatic rings. The van der Waals surface area contributed by atoms with Gasteiger partial charge in [-0.1, -0.05) is 74.0 Å². The van der Waals surface area contributed by atoms with Gasteiger partial charge in [0.05, 0.1) is 11.7 Å². The number of aryl methyl sites for hydroxylation is 1. The standard InChI is InChI=1S/C26H25N3O2S/c1-2-7-19-11-13-21(14-12-19)26(23-10-6-17-32-23)27-24(30)18-29-25(31)16-15-22(28-29)20-8-4-3-5-9-20/h3-6,8-17,26H,2,7,18H2,1H3,(H,27,30). The van der Waals surface area contributed by atoms with Crippen molar-refractivity contribution in [3.63, 3.8) is 0 Å². The van der Waals surface area contributed by atoms with Crippen LogP contribution < -0.4 is 10.9 Å². The first-order valence-corrected chi connectivity index (χ1v) is 11.6. The molecule has 4 rings (SSSR count). The average Bonchev–Trinajstić information content (AvgIpc) is 3.35. The number of thiophene rings is 1. The van der Waals surface area contributed by atoms with Crippen LogP contribution in [0.4, 0.5) is 0 Å². The van der Waals surface area contributed by atoms with E-state index in [1.54, 1.807) is 17.4 Å². The largest absolute Gasteiger partial charge is 0.343 e. The van der Waals surface area contributed by atoms with Gasteiger partial charge in [0.1, 0.15) is 6.54 Å². The molecule has 6 heteroatoms. The molecule has 1 atom stereocenters. The molecule has 0 saturated carbocycles. The molecular formula is C26H25N3O2S. The molecule has 2 heterocycles. The highest BCUT2D eigenvalue weighted by molar-refractivity contribution is 7.10. The molecule has 4 aromatic rings. The minimum Gasteiger partial charge on any atom is -0.343 e. The van der Waals surface area contributed by atoms with Gasteiger partial charge in [0.2, 0.25) is 5.91 Å². The van der Waals surface area contributed by atoms with Gasteiger partial charge in [-0.15, -0.1) is 11.3 Å². The van der Waals surface area contributed by atoms with E-state index >= 15 is 0 Å². The Kier molecular flexibility index (Phi) is 6.92. The van der Waals surface area contributed by atoms with Crippen molar-refractivity contribution in [2.24, 2.45) is 0 Å². The molecule has 0 fully saturated rings. The van der Waals surface area contributed by atoms with Gasteiger partial charge in [0, 0.05) is 16.5 Å². The first-order valence-electron chi connectivity index (χ1n) is 10.7. The van der Waals surface area contributed by atoms with Crippen molar-refractivity contribution in [3.8, 4) is 11.3 Å². The van der Waals surface area contributed by atoms with E-state index in [9.17, 15) is 9.59 Å². The van der Waals surface area contributed by atoms with Crippen molar-refractivity contribution < 1.29 is 4.79 Å². The van der Waals surface area contributed by atoms with Crippen LogP contribution in [0.1, 0.15) is 35.4 Å². The zero-order valence-corrected chi connectivity index (χ0v) is 18.7. The topological polar surface area (TPSA) is 64.0 Å². The van der Waals surface area contributed by atoms with Crippen molar-refractivity contribution in [2.45, 2.75) is 32.4 Å². The summed E-state index contributed by atoms with van der Waals surface area (Å²) in [5.41, 5.74) is 3.53. The summed E-state index contributed by atoms with van der Waals surface area (Å²) in [6.07, 6.45) is 2.12. The Hall–Kier alpha value is -3.51. The van der Waals surface area contributed by atoms with Gasteiger partial charge in [-0.25, -0.2) is 4.68 Å². The van der Waals surface area contributed by atoms with Crippen LogP contribution in [0.15, 0.2) is 89.0 Å². The molecule has 0 radical (unpaired) electrons. The summed E-state index contributed by atoms with van der Waals surface area (Å²) in [6.45, 7) is 2.01. The Bertz CT molecular complexity index is 1220. The molecule has 32 heavy (non-hydrogen) atoms. The molecule has 0 aliphatic heterocycles. The molecule has 162 valence electrons. The summed E-state index contributed by atoms with van der Waals surface area (Å²) in [4.78, 5) is 26.3. The van der Waals surface area contributed by atoms with Crippen molar-refractivity contribution in [1.29, 1.82) is 0 Å². The number of hydrogen-bond donors (Lipinski definition) is 1. The molecule has 1 unspecified atom stereocenters. The Morgan fingerprint density at radius 3 is 2.47 bits per heavy atom. The maximum absolute atomic E-state index is 13.0. The summed E-state index contributed by atoms with van der Waals surface area (Å²) in [6, 6.07) is 24.8. The maximum atomic E-state index is 13.0. The first kappa shape index (κ1) is 21.7. The number of carbonyl (C=O) groups is 1. The summed E-state index contributed by atoms with van der Waals surface area (Å²) in [5, 5.41) is 9.49. The Morgan fingerprint density at radius 2 is 1.78 bits per heavy atom. The maximum Gasteiger partial charge on any atom is 0.267 e. The molecule has 5 nitrogen and oxygen atoms in total. The minimum atomic E-state index is -0.309. The first-order chi connectivity index (χ1) is 15.6. The van der Waals surface area contributed by atoms with Gasteiger partial charge in [-0.3, -0.25) is 9.59 Å². The third-order valence-electron chi connectivity index (χ3n) is 5.21. The summed E-state index contributed by atoms with van der Waals surface area (Å²) >= 11 is 1.59. The van der Waals surface area contributed by atoms with E-state index in [2.05, 4.69) is 41.6 Å². The third kappa shape index (κ3) is 5.21. The van der Waals surface area contributed by atoms with Crippen LogP contribution in [-0.2, 0) is 17.8 Å².